The van der Waals surface area contributed by atoms with Gasteiger partial charge in [0.15, 0.2) is 0 Å². The first kappa shape index (κ1) is 27.0. The fourth-order valence-electron chi connectivity index (χ4n) is 4.94. The maximum Gasteiger partial charge on any atom is 0.240 e. The summed E-state index contributed by atoms with van der Waals surface area (Å²) in [5.41, 5.74) is 7.65. The first-order chi connectivity index (χ1) is 18.9. The van der Waals surface area contributed by atoms with E-state index in [0.717, 1.165) is 72.4 Å². The Morgan fingerprint density at radius 3 is 2.41 bits per heavy atom. The van der Waals surface area contributed by atoms with Crippen LogP contribution in [0.2, 0.25) is 0 Å². The molecule has 202 valence electrons. The lowest BCUT2D eigenvalue weighted by Crippen LogP contribution is -2.30. The summed E-state index contributed by atoms with van der Waals surface area (Å²) in [6.45, 7) is 5.06. The number of halogens is 1. The second-order valence-corrected chi connectivity index (χ2v) is 11.5. The van der Waals surface area contributed by atoms with Gasteiger partial charge in [-0.15, -0.1) is 0 Å². The van der Waals surface area contributed by atoms with Crippen LogP contribution in [-0.2, 0) is 16.4 Å². The van der Waals surface area contributed by atoms with E-state index in [2.05, 4.69) is 31.9 Å². The molecule has 0 radical (unpaired) electrons. The van der Waals surface area contributed by atoms with E-state index >= 15 is 0 Å². The van der Waals surface area contributed by atoms with Crippen molar-refractivity contribution in [2.45, 2.75) is 31.1 Å². The summed E-state index contributed by atoms with van der Waals surface area (Å²) in [6.07, 6.45) is 10.5. The van der Waals surface area contributed by atoms with Gasteiger partial charge in [0, 0.05) is 55.9 Å². The molecule has 39 heavy (non-hydrogen) atoms. The fourth-order valence-corrected chi connectivity index (χ4v) is 6.07. The highest BCUT2D eigenvalue weighted by molar-refractivity contribution is 7.89. The lowest BCUT2D eigenvalue weighted by molar-refractivity contribution is 0.306. The largest absolute Gasteiger partial charge is 0.360 e. The summed E-state index contributed by atoms with van der Waals surface area (Å²) < 4.78 is 40.8. The molecule has 1 aliphatic rings. The zero-order chi connectivity index (χ0) is 27.2. The molecule has 2 aromatic carbocycles. The molecule has 2 aromatic heterocycles. The summed E-state index contributed by atoms with van der Waals surface area (Å²) in [5.74, 6) is -0.254. The van der Waals surface area contributed by atoms with Gasteiger partial charge in [-0.1, -0.05) is 25.1 Å². The zero-order valence-corrected chi connectivity index (χ0v) is 22.8. The van der Waals surface area contributed by atoms with Gasteiger partial charge in [-0.3, -0.25) is 9.88 Å². The van der Waals surface area contributed by atoms with Gasteiger partial charge in [0.05, 0.1) is 10.6 Å². The molecule has 0 spiro atoms. The van der Waals surface area contributed by atoms with Crippen LogP contribution < -0.4 is 4.72 Å². The number of pyridine rings is 1. The van der Waals surface area contributed by atoms with E-state index in [1.165, 1.54) is 17.7 Å². The lowest BCUT2D eigenvalue weighted by Gasteiger charge is -2.26. The van der Waals surface area contributed by atoms with Crippen molar-refractivity contribution >= 4 is 15.6 Å². The number of rotatable bonds is 10. The quantitative estimate of drug-likeness (QED) is 0.261. The molecular weight excluding hydrogens is 511 g/mol. The summed E-state index contributed by atoms with van der Waals surface area (Å²) in [4.78, 5) is 10.3. The summed E-state index contributed by atoms with van der Waals surface area (Å²) in [5, 5.41) is 0. The number of hydrogen-bond donors (Lipinski definition) is 2. The summed E-state index contributed by atoms with van der Waals surface area (Å²) in [7, 11) is -3.44. The highest BCUT2D eigenvalue weighted by Gasteiger charge is 2.21. The number of nitrogens with one attached hydrogen (secondary N) is 2. The van der Waals surface area contributed by atoms with E-state index in [1.807, 2.05) is 31.2 Å². The molecular formula is C31H33FN4O2S. The van der Waals surface area contributed by atoms with E-state index in [4.69, 9.17) is 0 Å². The molecule has 6 nitrogen and oxygen atoms in total. The number of aromatic amines is 1. The van der Waals surface area contributed by atoms with Crippen molar-refractivity contribution in [3.63, 3.8) is 0 Å². The fraction of sp³-hybridized carbons (Fsp3) is 0.258. The van der Waals surface area contributed by atoms with Crippen LogP contribution in [-0.4, -0.2) is 49.5 Å². The van der Waals surface area contributed by atoms with Gasteiger partial charge < -0.3 is 4.98 Å². The standard InChI is InChI=1S/C31H33FN4O2S/c1-2-16-35-39(37,38)28-9-3-23(4-10-28)13-19-36-20-14-24(15-21-36)29-22-34-31(26-5-7-27(32)8-6-26)30(29)25-11-17-33-18-12-25/h3-12,14,17-18,22,34-35H,2,13,15-16,19-21H2,1H3. The predicted octanol–water partition coefficient (Wildman–Crippen LogP) is 5.90. The Morgan fingerprint density at radius 1 is 1.00 bits per heavy atom. The van der Waals surface area contributed by atoms with Gasteiger partial charge in [-0.2, -0.15) is 0 Å². The highest BCUT2D eigenvalue weighted by atomic mass is 32.2. The molecule has 2 N–H and O–H groups in total. The van der Waals surface area contributed by atoms with Crippen molar-refractivity contribution in [2.24, 2.45) is 0 Å². The maximum absolute atomic E-state index is 13.6. The molecule has 0 unspecified atom stereocenters. The van der Waals surface area contributed by atoms with Crippen LogP contribution in [0.15, 0.2) is 90.2 Å². The first-order valence-electron chi connectivity index (χ1n) is 13.3. The average molecular weight is 545 g/mol. The third kappa shape index (κ3) is 6.36. The molecule has 1 aliphatic heterocycles. The SMILES string of the molecule is CCCNS(=O)(=O)c1ccc(CCN2CC=C(c3c[nH]c(-c4ccc(F)cc4)c3-c3ccncc3)CC2)cc1. The topological polar surface area (TPSA) is 78.1 Å². The molecule has 0 amide bonds. The Balaban J connectivity index is 1.28. The van der Waals surface area contributed by atoms with Gasteiger partial charge in [-0.05, 0) is 90.1 Å². The van der Waals surface area contributed by atoms with Crippen molar-refractivity contribution in [1.29, 1.82) is 0 Å². The van der Waals surface area contributed by atoms with E-state index < -0.39 is 10.0 Å². The van der Waals surface area contributed by atoms with Crippen molar-refractivity contribution in [2.75, 3.05) is 26.2 Å². The average Bonchev–Trinajstić information content (AvgIpc) is 3.41. The van der Waals surface area contributed by atoms with Crippen LogP contribution in [0, 0.1) is 5.82 Å². The Hall–Kier alpha value is -3.59. The zero-order valence-electron chi connectivity index (χ0n) is 22.0. The Labute approximate surface area is 229 Å². The monoisotopic (exact) mass is 544 g/mol. The molecule has 0 fully saturated rings. The van der Waals surface area contributed by atoms with E-state index in [1.54, 1.807) is 36.7 Å². The van der Waals surface area contributed by atoms with Crippen molar-refractivity contribution in [3.8, 4) is 22.4 Å². The number of nitrogens with zero attached hydrogens (tertiary/aromatic N) is 2. The molecule has 0 atom stereocenters. The van der Waals surface area contributed by atoms with Crippen molar-refractivity contribution < 1.29 is 12.8 Å². The normalized spacial score (nSPS) is 14.4. The van der Waals surface area contributed by atoms with Gasteiger partial charge in [0.1, 0.15) is 5.82 Å². The third-order valence-electron chi connectivity index (χ3n) is 7.11. The van der Waals surface area contributed by atoms with Crippen LogP contribution in [0.3, 0.4) is 0 Å². The van der Waals surface area contributed by atoms with Crippen molar-refractivity contribution in [1.82, 2.24) is 19.6 Å². The van der Waals surface area contributed by atoms with E-state index in [9.17, 15) is 12.8 Å². The maximum atomic E-state index is 13.6. The first-order valence-corrected chi connectivity index (χ1v) is 14.8. The lowest BCUT2D eigenvalue weighted by atomic mass is 9.92. The predicted molar refractivity (Wildman–Crippen MR) is 154 cm³/mol. The molecule has 3 heterocycles. The minimum Gasteiger partial charge on any atom is -0.360 e. The number of benzene rings is 2. The smallest absolute Gasteiger partial charge is 0.240 e. The Bertz CT molecular complexity index is 1530. The Morgan fingerprint density at radius 2 is 1.74 bits per heavy atom. The van der Waals surface area contributed by atoms with Crippen LogP contribution in [0.5, 0.6) is 0 Å². The minimum absolute atomic E-state index is 0.254. The number of sulfonamides is 1. The number of hydrogen-bond acceptors (Lipinski definition) is 4. The molecule has 5 rings (SSSR count). The highest BCUT2D eigenvalue weighted by Crippen LogP contribution is 2.39. The number of aromatic nitrogens is 2. The molecule has 8 heteroatoms. The van der Waals surface area contributed by atoms with Crippen LogP contribution in [0.1, 0.15) is 30.9 Å². The summed E-state index contributed by atoms with van der Waals surface area (Å²) >= 11 is 0. The van der Waals surface area contributed by atoms with Gasteiger partial charge >= 0.3 is 0 Å². The second-order valence-electron chi connectivity index (χ2n) is 9.77. The number of H-pyrrole nitrogens is 1. The molecule has 0 aliphatic carbocycles. The molecule has 4 aromatic rings. The second kappa shape index (κ2) is 12.1. The van der Waals surface area contributed by atoms with Gasteiger partial charge in [0.2, 0.25) is 10.0 Å². The Kier molecular flexibility index (Phi) is 8.35. The van der Waals surface area contributed by atoms with Crippen LogP contribution in [0.25, 0.3) is 28.0 Å². The minimum atomic E-state index is -3.44. The molecule has 0 bridgehead atoms. The summed E-state index contributed by atoms with van der Waals surface area (Å²) in [6, 6.07) is 17.8. The molecule has 0 saturated carbocycles. The van der Waals surface area contributed by atoms with E-state index in [0.29, 0.717) is 11.4 Å². The van der Waals surface area contributed by atoms with Gasteiger partial charge in [-0.25, -0.2) is 17.5 Å². The van der Waals surface area contributed by atoms with Crippen molar-refractivity contribution in [3.05, 3.63) is 102 Å². The van der Waals surface area contributed by atoms with E-state index in [-0.39, 0.29) is 5.82 Å². The van der Waals surface area contributed by atoms with Crippen LogP contribution in [0.4, 0.5) is 4.39 Å². The third-order valence-corrected chi connectivity index (χ3v) is 8.59. The van der Waals surface area contributed by atoms with Crippen LogP contribution >= 0.6 is 0 Å². The van der Waals surface area contributed by atoms with Gasteiger partial charge in [0.25, 0.3) is 0 Å². The molecule has 0 saturated heterocycles.